The summed E-state index contributed by atoms with van der Waals surface area (Å²) in [5.74, 6) is 0.986. The zero-order valence-electron chi connectivity index (χ0n) is 13.9. The van der Waals surface area contributed by atoms with Crippen LogP contribution in [0, 0.1) is 0 Å². The number of nitrogens with one attached hydrogen (secondary N) is 1. The van der Waals surface area contributed by atoms with E-state index < -0.39 is 0 Å². The molecule has 1 aliphatic heterocycles. The smallest absolute Gasteiger partial charge is 0.251 e. The van der Waals surface area contributed by atoms with E-state index >= 15 is 0 Å². The van der Waals surface area contributed by atoms with Crippen molar-refractivity contribution in [2.24, 2.45) is 0 Å². The molecule has 25 heavy (non-hydrogen) atoms. The minimum Gasteiger partial charge on any atom is -0.306 e. The van der Waals surface area contributed by atoms with Crippen molar-refractivity contribution >= 4 is 11.3 Å². The highest BCUT2D eigenvalue weighted by Gasteiger charge is 2.23. The lowest BCUT2D eigenvalue weighted by molar-refractivity contribution is 0.198. The van der Waals surface area contributed by atoms with Crippen LogP contribution < -0.4 is 5.56 Å². The second kappa shape index (κ2) is 7.29. The summed E-state index contributed by atoms with van der Waals surface area (Å²) in [5.41, 5.74) is 2.11. The van der Waals surface area contributed by atoms with Crippen LogP contribution in [0.15, 0.2) is 52.9 Å². The third kappa shape index (κ3) is 3.86. The number of rotatable bonds is 4. The van der Waals surface area contributed by atoms with Gasteiger partial charge in [0, 0.05) is 37.5 Å². The van der Waals surface area contributed by atoms with Crippen molar-refractivity contribution in [2.75, 3.05) is 13.1 Å². The quantitative estimate of drug-likeness (QED) is 0.783. The molecule has 0 aromatic carbocycles. The Morgan fingerprint density at radius 1 is 1.28 bits per heavy atom. The minimum absolute atomic E-state index is 0.0698. The topological polar surface area (TPSA) is 61.9 Å². The molecule has 0 radical (unpaired) electrons. The molecule has 1 atom stereocenters. The van der Waals surface area contributed by atoms with Gasteiger partial charge in [0.1, 0.15) is 5.82 Å². The van der Waals surface area contributed by atoms with Crippen molar-refractivity contribution < 1.29 is 0 Å². The number of hydrogen-bond donors (Lipinski definition) is 1. The van der Waals surface area contributed by atoms with Gasteiger partial charge in [0.15, 0.2) is 0 Å². The minimum atomic E-state index is -0.0698. The van der Waals surface area contributed by atoms with E-state index in [2.05, 4.69) is 27.0 Å². The third-order valence-corrected chi connectivity index (χ3v) is 5.47. The fourth-order valence-electron chi connectivity index (χ4n) is 3.40. The van der Waals surface area contributed by atoms with Gasteiger partial charge < -0.3 is 4.98 Å². The van der Waals surface area contributed by atoms with Gasteiger partial charge >= 0.3 is 0 Å². The highest BCUT2D eigenvalue weighted by molar-refractivity contribution is 7.13. The number of thiophene rings is 1. The third-order valence-electron chi connectivity index (χ3n) is 4.60. The van der Waals surface area contributed by atoms with E-state index in [-0.39, 0.29) is 5.56 Å². The van der Waals surface area contributed by atoms with Gasteiger partial charge in [-0.15, -0.1) is 11.3 Å². The largest absolute Gasteiger partial charge is 0.306 e. The van der Waals surface area contributed by atoms with Crippen molar-refractivity contribution in [3.63, 3.8) is 0 Å². The predicted molar refractivity (Wildman–Crippen MR) is 99.7 cm³/mol. The molecule has 0 aliphatic carbocycles. The van der Waals surface area contributed by atoms with Crippen LogP contribution in [0.5, 0.6) is 0 Å². The maximum atomic E-state index is 12.1. The van der Waals surface area contributed by atoms with Crippen LogP contribution in [-0.4, -0.2) is 32.9 Å². The highest BCUT2D eigenvalue weighted by Crippen LogP contribution is 2.28. The van der Waals surface area contributed by atoms with Crippen LogP contribution in [-0.2, 0) is 6.54 Å². The maximum absolute atomic E-state index is 12.1. The van der Waals surface area contributed by atoms with Gasteiger partial charge in [0.2, 0.25) is 0 Å². The number of pyridine rings is 1. The fourth-order valence-corrected chi connectivity index (χ4v) is 4.07. The lowest BCUT2D eigenvalue weighted by atomic mass is 9.94. The Morgan fingerprint density at radius 3 is 2.96 bits per heavy atom. The van der Waals surface area contributed by atoms with Crippen molar-refractivity contribution in [1.29, 1.82) is 0 Å². The molecule has 1 N–H and O–H groups in total. The summed E-state index contributed by atoms with van der Waals surface area (Å²) >= 11 is 1.59. The molecule has 1 unspecified atom stereocenters. The number of aromatic nitrogens is 3. The Kier molecular flexibility index (Phi) is 4.72. The van der Waals surface area contributed by atoms with Crippen molar-refractivity contribution in [2.45, 2.75) is 25.3 Å². The number of H-pyrrole nitrogens is 1. The normalized spacial score (nSPS) is 18.3. The van der Waals surface area contributed by atoms with Crippen LogP contribution in [0.2, 0.25) is 0 Å². The van der Waals surface area contributed by atoms with E-state index in [1.165, 1.54) is 5.56 Å². The van der Waals surface area contributed by atoms with Gasteiger partial charge in [-0.3, -0.25) is 14.7 Å². The number of aromatic amines is 1. The molecule has 3 aromatic heterocycles. The molecule has 4 heterocycles. The van der Waals surface area contributed by atoms with Crippen LogP contribution in [0.4, 0.5) is 0 Å². The first-order valence-electron chi connectivity index (χ1n) is 8.54. The molecule has 0 bridgehead atoms. The molecule has 0 spiro atoms. The van der Waals surface area contributed by atoms with E-state index in [1.54, 1.807) is 17.4 Å². The second-order valence-electron chi connectivity index (χ2n) is 6.43. The van der Waals surface area contributed by atoms with Gasteiger partial charge in [-0.1, -0.05) is 6.07 Å². The lowest BCUT2D eigenvalue weighted by Crippen LogP contribution is -2.34. The van der Waals surface area contributed by atoms with E-state index in [9.17, 15) is 4.79 Å². The molecular formula is C19H20N4OS. The average molecular weight is 352 g/mol. The van der Waals surface area contributed by atoms with Crippen LogP contribution in [0.3, 0.4) is 0 Å². The standard InChI is InChI=1S/C19H20N4OS/c24-18-11-16(21-19(22-18)17-4-2-10-25-17)15-3-1-9-23(13-15)12-14-5-7-20-8-6-14/h2,4-8,10-11,15H,1,3,9,12-13H2,(H,21,22,24). The number of likely N-dealkylation sites (tertiary alicyclic amines) is 1. The molecular weight excluding hydrogens is 332 g/mol. The molecule has 0 saturated carbocycles. The first kappa shape index (κ1) is 16.2. The molecule has 4 rings (SSSR count). The molecule has 3 aromatic rings. The summed E-state index contributed by atoms with van der Waals surface area (Å²) in [6, 6.07) is 9.75. The highest BCUT2D eigenvalue weighted by atomic mass is 32.1. The van der Waals surface area contributed by atoms with Crippen molar-refractivity contribution in [3.05, 3.63) is 69.7 Å². The van der Waals surface area contributed by atoms with Gasteiger partial charge in [-0.25, -0.2) is 4.98 Å². The predicted octanol–water partition coefficient (Wildman–Crippen LogP) is 3.27. The zero-order valence-corrected chi connectivity index (χ0v) is 14.7. The van der Waals surface area contributed by atoms with E-state index in [1.807, 2.05) is 29.9 Å². The van der Waals surface area contributed by atoms with Crippen LogP contribution in [0.1, 0.15) is 30.0 Å². The monoisotopic (exact) mass is 352 g/mol. The average Bonchev–Trinajstić information content (AvgIpc) is 3.17. The maximum Gasteiger partial charge on any atom is 0.251 e. The van der Waals surface area contributed by atoms with E-state index in [0.717, 1.165) is 43.0 Å². The fraction of sp³-hybridized carbons (Fsp3) is 0.316. The number of piperidine rings is 1. The molecule has 1 fully saturated rings. The first-order chi connectivity index (χ1) is 12.3. The van der Waals surface area contributed by atoms with Gasteiger partial charge in [0.05, 0.1) is 10.6 Å². The van der Waals surface area contributed by atoms with E-state index in [4.69, 9.17) is 4.98 Å². The molecule has 6 heteroatoms. The Labute approximate surface area is 150 Å². The summed E-state index contributed by atoms with van der Waals surface area (Å²) in [7, 11) is 0. The van der Waals surface area contributed by atoms with Gasteiger partial charge in [-0.2, -0.15) is 0 Å². The van der Waals surface area contributed by atoms with Crippen molar-refractivity contribution in [3.8, 4) is 10.7 Å². The summed E-state index contributed by atoms with van der Waals surface area (Å²) in [4.78, 5) is 27.3. The Bertz CT molecular complexity index is 876. The van der Waals surface area contributed by atoms with E-state index in [0.29, 0.717) is 11.7 Å². The second-order valence-corrected chi connectivity index (χ2v) is 7.37. The molecule has 1 aliphatic rings. The number of nitrogens with zero attached hydrogens (tertiary/aromatic N) is 3. The summed E-state index contributed by atoms with van der Waals surface area (Å²) in [6.07, 6.45) is 5.87. The molecule has 128 valence electrons. The molecule has 5 nitrogen and oxygen atoms in total. The van der Waals surface area contributed by atoms with Crippen molar-refractivity contribution in [1.82, 2.24) is 19.9 Å². The Hall–Kier alpha value is -2.31. The summed E-state index contributed by atoms with van der Waals surface area (Å²) in [6.45, 7) is 2.93. The SMILES string of the molecule is O=c1cc(C2CCCN(Cc3ccncc3)C2)nc(-c2cccs2)[nH]1. The van der Waals surface area contributed by atoms with Crippen LogP contribution in [0.25, 0.3) is 10.7 Å². The van der Waals surface area contributed by atoms with Gasteiger partial charge in [0.25, 0.3) is 5.56 Å². The van der Waals surface area contributed by atoms with Gasteiger partial charge in [-0.05, 0) is 48.5 Å². The lowest BCUT2D eigenvalue weighted by Gasteiger charge is -2.32. The Morgan fingerprint density at radius 2 is 2.16 bits per heavy atom. The Balaban J connectivity index is 1.54. The summed E-state index contributed by atoms with van der Waals surface area (Å²) < 4.78 is 0. The molecule has 1 saturated heterocycles. The summed E-state index contributed by atoms with van der Waals surface area (Å²) in [5, 5.41) is 2.00. The first-order valence-corrected chi connectivity index (χ1v) is 9.42. The van der Waals surface area contributed by atoms with Crippen LogP contribution >= 0.6 is 11.3 Å². The zero-order chi connectivity index (χ0) is 17.1. The molecule has 0 amide bonds. The number of hydrogen-bond acceptors (Lipinski definition) is 5.